The molecule has 1 aliphatic rings. The van der Waals surface area contributed by atoms with Gasteiger partial charge in [0, 0.05) is 13.1 Å². The molecule has 1 aromatic carbocycles. The molecule has 0 aliphatic carbocycles. The highest BCUT2D eigenvalue weighted by Gasteiger charge is 2.16. The van der Waals surface area contributed by atoms with Crippen LogP contribution in [0.5, 0.6) is 5.75 Å². The Morgan fingerprint density at radius 2 is 2.11 bits per heavy atom. The van der Waals surface area contributed by atoms with E-state index in [1.807, 2.05) is 19.1 Å². The van der Waals surface area contributed by atoms with Crippen molar-refractivity contribution in [2.75, 3.05) is 26.2 Å². The molecule has 0 saturated heterocycles. The number of benzene rings is 1. The van der Waals surface area contributed by atoms with E-state index in [0.717, 1.165) is 18.7 Å². The molecule has 0 saturated carbocycles. The topological polar surface area (TPSA) is 55.6 Å². The van der Waals surface area contributed by atoms with Crippen LogP contribution >= 0.6 is 0 Å². The normalized spacial score (nSPS) is 15.1. The van der Waals surface area contributed by atoms with Crippen LogP contribution < -0.4 is 10.5 Å². The molecule has 0 atom stereocenters. The molecule has 1 aromatic rings. The lowest BCUT2D eigenvalue weighted by atomic mass is 9.99. The predicted octanol–water partition coefficient (Wildman–Crippen LogP) is 1.66. The van der Waals surface area contributed by atoms with E-state index in [1.54, 1.807) is 4.90 Å². The highest BCUT2D eigenvalue weighted by atomic mass is 16.5. The minimum atomic E-state index is 0.0157. The van der Waals surface area contributed by atoms with E-state index in [-0.39, 0.29) is 12.5 Å². The third-order valence-electron chi connectivity index (χ3n) is 3.27. The third kappa shape index (κ3) is 3.35. The van der Waals surface area contributed by atoms with Crippen molar-refractivity contribution in [3.63, 3.8) is 0 Å². The first-order valence-corrected chi connectivity index (χ1v) is 6.64. The molecule has 2 N–H and O–H groups in total. The zero-order valence-electron chi connectivity index (χ0n) is 11.3. The molecule has 102 valence electrons. The minimum Gasteiger partial charge on any atom is -0.494 e. The van der Waals surface area contributed by atoms with Gasteiger partial charge in [-0.3, -0.25) is 4.79 Å². The van der Waals surface area contributed by atoms with Crippen molar-refractivity contribution in [3.05, 3.63) is 35.9 Å². The number of ether oxygens (including phenoxy) is 1. The van der Waals surface area contributed by atoms with Gasteiger partial charge in [-0.15, -0.1) is 0 Å². The van der Waals surface area contributed by atoms with Gasteiger partial charge < -0.3 is 15.4 Å². The van der Waals surface area contributed by atoms with Gasteiger partial charge in [0.05, 0.1) is 13.2 Å². The molecule has 0 bridgehead atoms. The van der Waals surface area contributed by atoms with Crippen LogP contribution in [0, 0.1) is 0 Å². The zero-order chi connectivity index (χ0) is 13.7. The van der Waals surface area contributed by atoms with Crippen molar-refractivity contribution in [1.82, 2.24) is 4.90 Å². The van der Waals surface area contributed by atoms with Crippen LogP contribution in [0.15, 0.2) is 30.3 Å². The van der Waals surface area contributed by atoms with Crippen LogP contribution in [0.25, 0.3) is 5.57 Å². The average molecular weight is 260 g/mol. The minimum absolute atomic E-state index is 0.0157. The van der Waals surface area contributed by atoms with E-state index < -0.39 is 0 Å². The zero-order valence-corrected chi connectivity index (χ0v) is 11.3. The van der Waals surface area contributed by atoms with Crippen LogP contribution in [0.2, 0.25) is 0 Å². The molecule has 4 nitrogen and oxygen atoms in total. The highest BCUT2D eigenvalue weighted by Crippen LogP contribution is 2.24. The Bertz CT molecular complexity index is 466. The Hall–Kier alpha value is -1.81. The van der Waals surface area contributed by atoms with Gasteiger partial charge in [-0.05, 0) is 36.6 Å². The van der Waals surface area contributed by atoms with Crippen LogP contribution in [0.4, 0.5) is 0 Å². The van der Waals surface area contributed by atoms with Crippen LogP contribution in [0.3, 0.4) is 0 Å². The average Bonchev–Trinajstić information content (AvgIpc) is 2.48. The van der Waals surface area contributed by atoms with Gasteiger partial charge in [-0.2, -0.15) is 0 Å². The summed E-state index contributed by atoms with van der Waals surface area (Å²) in [6.45, 7) is 4.14. The second kappa shape index (κ2) is 6.38. The first-order valence-electron chi connectivity index (χ1n) is 6.64. The summed E-state index contributed by atoms with van der Waals surface area (Å²) in [5, 5.41) is 0. The van der Waals surface area contributed by atoms with Crippen molar-refractivity contribution in [2.24, 2.45) is 5.73 Å². The summed E-state index contributed by atoms with van der Waals surface area (Å²) in [6.07, 6.45) is 2.98. The second-order valence-electron chi connectivity index (χ2n) is 4.48. The Balaban J connectivity index is 2.03. The molecule has 19 heavy (non-hydrogen) atoms. The Labute approximate surface area is 113 Å². The first-order chi connectivity index (χ1) is 9.24. The van der Waals surface area contributed by atoms with Gasteiger partial charge in [-0.1, -0.05) is 18.2 Å². The van der Waals surface area contributed by atoms with Crippen molar-refractivity contribution in [3.8, 4) is 5.75 Å². The Kier molecular flexibility index (Phi) is 4.58. The molecular weight excluding hydrogens is 240 g/mol. The summed E-state index contributed by atoms with van der Waals surface area (Å²) in [4.78, 5) is 13.3. The molecule has 1 aliphatic heterocycles. The molecule has 2 rings (SSSR count). The fourth-order valence-corrected chi connectivity index (χ4v) is 2.22. The second-order valence-corrected chi connectivity index (χ2v) is 4.48. The molecular formula is C15H20N2O2. The van der Waals surface area contributed by atoms with E-state index in [4.69, 9.17) is 10.5 Å². The Morgan fingerprint density at radius 3 is 2.63 bits per heavy atom. The molecule has 1 heterocycles. The number of amides is 1. The maximum absolute atomic E-state index is 11.5. The lowest BCUT2D eigenvalue weighted by Crippen LogP contribution is -2.38. The summed E-state index contributed by atoms with van der Waals surface area (Å²) in [7, 11) is 0. The molecule has 0 fully saturated rings. The summed E-state index contributed by atoms with van der Waals surface area (Å²) >= 11 is 0. The van der Waals surface area contributed by atoms with Gasteiger partial charge in [0.2, 0.25) is 5.91 Å². The lowest BCUT2D eigenvalue weighted by Gasteiger charge is -2.26. The predicted molar refractivity (Wildman–Crippen MR) is 75.8 cm³/mol. The van der Waals surface area contributed by atoms with E-state index >= 15 is 0 Å². The Morgan fingerprint density at radius 1 is 1.37 bits per heavy atom. The van der Waals surface area contributed by atoms with Crippen molar-refractivity contribution in [1.29, 1.82) is 0 Å². The summed E-state index contributed by atoms with van der Waals surface area (Å²) < 4.78 is 5.43. The standard InChI is InChI=1S/C15H20N2O2/c1-2-19-14-5-3-12(4-6-14)13-7-9-17(10-8-13)15(18)11-16/h3-7H,2,8-11,16H2,1H3. The molecule has 0 unspecified atom stereocenters. The number of nitrogens with two attached hydrogens (primary N) is 1. The SMILES string of the molecule is CCOc1ccc(C2=CCN(C(=O)CN)CC2)cc1. The maximum atomic E-state index is 11.5. The van der Waals surface area contributed by atoms with Crippen LogP contribution in [-0.4, -0.2) is 37.0 Å². The number of carbonyl (C=O) groups excluding carboxylic acids is 1. The summed E-state index contributed by atoms with van der Waals surface area (Å²) in [5.41, 5.74) is 7.85. The number of carbonyl (C=O) groups is 1. The largest absolute Gasteiger partial charge is 0.494 e. The third-order valence-corrected chi connectivity index (χ3v) is 3.27. The van der Waals surface area contributed by atoms with Crippen LogP contribution in [0.1, 0.15) is 18.9 Å². The van der Waals surface area contributed by atoms with Crippen molar-refractivity contribution >= 4 is 11.5 Å². The first kappa shape index (κ1) is 13.6. The number of nitrogens with zero attached hydrogens (tertiary/aromatic N) is 1. The molecule has 0 radical (unpaired) electrons. The van der Waals surface area contributed by atoms with E-state index in [0.29, 0.717) is 13.2 Å². The maximum Gasteiger partial charge on any atom is 0.236 e. The number of hydrogen-bond acceptors (Lipinski definition) is 3. The molecule has 1 amide bonds. The van der Waals surface area contributed by atoms with Crippen LogP contribution in [-0.2, 0) is 4.79 Å². The van der Waals surface area contributed by atoms with Gasteiger partial charge in [0.1, 0.15) is 5.75 Å². The smallest absolute Gasteiger partial charge is 0.236 e. The van der Waals surface area contributed by atoms with Crippen molar-refractivity contribution in [2.45, 2.75) is 13.3 Å². The summed E-state index contributed by atoms with van der Waals surface area (Å²) in [6, 6.07) is 8.10. The van der Waals surface area contributed by atoms with Gasteiger partial charge >= 0.3 is 0 Å². The summed E-state index contributed by atoms with van der Waals surface area (Å²) in [5.74, 6) is 0.907. The van der Waals surface area contributed by atoms with Crippen molar-refractivity contribution < 1.29 is 9.53 Å². The highest BCUT2D eigenvalue weighted by molar-refractivity contribution is 5.79. The van der Waals surface area contributed by atoms with Gasteiger partial charge in [0.15, 0.2) is 0 Å². The van der Waals surface area contributed by atoms with E-state index in [2.05, 4.69) is 18.2 Å². The monoisotopic (exact) mass is 260 g/mol. The lowest BCUT2D eigenvalue weighted by molar-refractivity contribution is -0.129. The number of hydrogen-bond donors (Lipinski definition) is 1. The van der Waals surface area contributed by atoms with Gasteiger partial charge in [-0.25, -0.2) is 0 Å². The molecule has 0 aromatic heterocycles. The quantitative estimate of drug-likeness (QED) is 0.895. The number of rotatable bonds is 4. The molecule has 0 spiro atoms. The van der Waals surface area contributed by atoms with E-state index in [9.17, 15) is 4.79 Å². The fraction of sp³-hybridized carbons (Fsp3) is 0.400. The van der Waals surface area contributed by atoms with E-state index in [1.165, 1.54) is 11.1 Å². The fourth-order valence-electron chi connectivity index (χ4n) is 2.22. The molecule has 4 heteroatoms. The van der Waals surface area contributed by atoms with Gasteiger partial charge in [0.25, 0.3) is 0 Å².